The van der Waals surface area contributed by atoms with Gasteiger partial charge < -0.3 is 20.9 Å². The normalized spacial score (nSPS) is 30.7. The fourth-order valence-corrected chi connectivity index (χ4v) is 12.5. The van der Waals surface area contributed by atoms with Crippen molar-refractivity contribution in [2.45, 2.75) is 187 Å². The van der Waals surface area contributed by atoms with Crippen molar-refractivity contribution in [2.24, 2.45) is 27.1 Å². The Bertz CT molecular complexity index is 1770. The van der Waals surface area contributed by atoms with E-state index in [1.807, 2.05) is 47.6 Å². The summed E-state index contributed by atoms with van der Waals surface area (Å²) in [6, 6.07) is -3.11. The molecule has 14 heteroatoms. The number of nitrogens with zero attached hydrogens (tertiary/aromatic N) is 2. The number of likely N-dealkylation sites (tertiary alicyclic amines) is 2. The van der Waals surface area contributed by atoms with Crippen LogP contribution in [0.1, 0.15) is 146 Å². The number of carbonyl (C=O) groups excluding carboxylic acids is 5. The summed E-state index contributed by atoms with van der Waals surface area (Å²) in [6.07, 6.45) is 11.7. The van der Waals surface area contributed by atoms with E-state index >= 15 is 4.79 Å². The van der Waals surface area contributed by atoms with Gasteiger partial charge in [0, 0.05) is 18.0 Å². The summed E-state index contributed by atoms with van der Waals surface area (Å²) in [7, 11) is -3.87. The topological polar surface area (TPSA) is 174 Å². The highest BCUT2D eigenvalue weighted by molar-refractivity contribution is 7.91. The average molecular weight is 815 g/mol. The number of piperidine rings is 1. The van der Waals surface area contributed by atoms with Crippen molar-refractivity contribution in [1.82, 2.24) is 30.5 Å². The molecule has 0 radical (unpaired) electrons. The lowest BCUT2D eigenvalue weighted by molar-refractivity contribution is -0.146. The Morgan fingerprint density at radius 1 is 0.772 bits per heavy atom. The van der Waals surface area contributed by atoms with E-state index in [9.17, 15) is 27.6 Å². The Balaban J connectivity index is 1.28. The molecule has 13 nitrogen and oxygen atoms in total. The van der Waals surface area contributed by atoms with E-state index in [1.165, 1.54) is 0 Å². The fourth-order valence-electron chi connectivity index (χ4n) is 11.1. The van der Waals surface area contributed by atoms with E-state index in [2.05, 4.69) is 53.3 Å². The minimum absolute atomic E-state index is 0.0143. The number of sulfonamides is 1. The molecule has 0 aromatic heterocycles. The Hall–Kier alpha value is -3.00. The number of nitrogens with one attached hydrogen (secondary N) is 4. The van der Waals surface area contributed by atoms with Gasteiger partial charge in [0.05, 0.1) is 11.3 Å². The molecule has 2 saturated heterocycles. The van der Waals surface area contributed by atoms with Crippen molar-refractivity contribution in [1.29, 1.82) is 0 Å². The highest BCUT2D eigenvalue weighted by atomic mass is 32.2. The van der Waals surface area contributed by atoms with Gasteiger partial charge in [0.15, 0.2) is 0 Å². The van der Waals surface area contributed by atoms with Crippen LogP contribution in [-0.2, 0) is 34.0 Å². The number of allylic oxidation sites excluding steroid dienone is 1. The van der Waals surface area contributed by atoms with E-state index in [4.69, 9.17) is 0 Å². The molecule has 2 spiro atoms. The second-order valence-corrected chi connectivity index (χ2v) is 23.2. The van der Waals surface area contributed by atoms with Crippen molar-refractivity contribution >= 4 is 39.6 Å². The molecule has 6 rings (SSSR count). The van der Waals surface area contributed by atoms with E-state index in [0.717, 1.165) is 38.6 Å². The van der Waals surface area contributed by atoms with Gasteiger partial charge in [-0.1, -0.05) is 80.4 Å². The molecule has 6 atom stereocenters. The molecule has 2 aliphatic heterocycles. The lowest BCUT2D eigenvalue weighted by atomic mass is 9.73. The van der Waals surface area contributed by atoms with Gasteiger partial charge in [-0.3, -0.25) is 33.6 Å². The first-order chi connectivity index (χ1) is 26.3. The number of rotatable bonds is 11. The van der Waals surface area contributed by atoms with Crippen LogP contribution < -0.4 is 20.7 Å². The van der Waals surface area contributed by atoms with Gasteiger partial charge in [0.2, 0.25) is 33.7 Å². The monoisotopic (exact) mass is 815 g/mol. The van der Waals surface area contributed by atoms with E-state index < -0.39 is 67.5 Å². The molecule has 6 aliphatic rings. The molecule has 1 unspecified atom stereocenters. The minimum Gasteiger partial charge on any atom is -0.342 e. The van der Waals surface area contributed by atoms with Gasteiger partial charge in [0.25, 0.3) is 5.91 Å². The summed E-state index contributed by atoms with van der Waals surface area (Å²) >= 11 is 0. The minimum atomic E-state index is -3.87. The SMILES string of the molecule is CC(C)N1CCCCC1C(=O)N[C@H](C(=O)N[C@H](C(=O)N1C[C@]2(C[C@H]1C(=O)N[C@]1(C(=O)NS(=O)(=O)C3CC3)CC=CCC1)C(C)(C)C21CCC1)C(C)(C)C)C(C)(C)C. The predicted octanol–water partition coefficient (Wildman–Crippen LogP) is 4.31. The summed E-state index contributed by atoms with van der Waals surface area (Å²) in [4.78, 5) is 76.0. The molecule has 0 aromatic carbocycles. The lowest BCUT2D eigenvalue weighted by Crippen LogP contribution is -2.65. The van der Waals surface area contributed by atoms with E-state index in [-0.39, 0.29) is 53.0 Å². The van der Waals surface area contributed by atoms with Crippen LogP contribution in [-0.4, -0.2) is 102 Å². The Morgan fingerprint density at radius 2 is 1.42 bits per heavy atom. The fraction of sp³-hybridized carbons (Fsp3) is 0.837. The Kier molecular flexibility index (Phi) is 11.4. The first-order valence-electron chi connectivity index (χ1n) is 21.5. The molecule has 4 N–H and O–H groups in total. The van der Waals surface area contributed by atoms with Crippen molar-refractivity contribution in [3.63, 3.8) is 0 Å². The zero-order valence-electron chi connectivity index (χ0n) is 36.2. The molecular weight excluding hydrogens is 745 g/mol. The van der Waals surface area contributed by atoms with Gasteiger partial charge in [0.1, 0.15) is 23.7 Å². The van der Waals surface area contributed by atoms with Crippen LogP contribution in [0, 0.1) is 27.1 Å². The molecule has 0 bridgehead atoms. The zero-order valence-corrected chi connectivity index (χ0v) is 37.0. The third-order valence-electron chi connectivity index (χ3n) is 15.1. The molecule has 2 heterocycles. The third-order valence-corrected chi connectivity index (χ3v) is 16.9. The predicted molar refractivity (Wildman–Crippen MR) is 219 cm³/mol. The highest BCUT2D eigenvalue weighted by Crippen LogP contribution is 2.88. The van der Waals surface area contributed by atoms with Crippen LogP contribution in [0.3, 0.4) is 0 Å². The Morgan fingerprint density at radius 3 is 1.93 bits per heavy atom. The van der Waals surface area contributed by atoms with Crippen molar-refractivity contribution in [3.05, 3.63) is 12.2 Å². The smallest absolute Gasteiger partial charge is 0.259 e. The second-order valence-electron chi connectivity index (χ2n) is 21.2. The van der Waals surface area contributed by atoms with Crippen LogP contribution in [0.25, 0.3) is 0 Å². The molecule has 5 amide bonds. The number of hydrogen-bond donors (Lipinski definition) is 4. The van der Waals surface area contributed by atoms with Gasteiger partial charge in [-0.2, -0.15) is 0 Å². The molecule has 4 aliphatic carbocycles. The molecular formula is C43H70N6O7S. The number of hydrogen-bond acceptors (Lipinski definition) is 8. The quantitative estimate of drug-likeness (QED) is 0.224. The van der Waals surface area contributed by atoms with Crippen LogP contribution in [0.4, 0.5) is 0 Å². The average Bonchev–Trinajstić information content (AvgIpc) is 3.97. The summed E-state index contributed by atoms with van der Waals surface area (Å²) in [5, 5.41) is 8.57. The van der Waals surface area contributed by atoms with Gasteiger partial charge in [-0.05, 0) is 106 Å². The van der Waals surface area contributed by atoms with Gasteiger partial charge in [-0.15, -0.1) is 0 Å². The first kappa shape index (κ1) is 43.6. The van der Waals surface area contributed by atoms with Crippen LogP contribution in [0.15, 0.2) is 12.2 Å². The van der Waals surface area contributed by atoms with Crippen LogP contribution in [0.5, 0.6) is 0 Å². The van der Waals surface area contributed by atoms with Crippen LogP contribution in [0.2, 0.25) is 0 Å². The maximum atomic E-state index is 15.2. The maximum Gasteiger partial charge on any atom is 0.259 e. The van der Waals surface area contributed by atoms with Gasteiger partial charge in [-0.25, -0.2) is 8.42 Å². The third kappa shape index (κ3) is 7.68. The number of carbonyl (C=O) groups is 5. The van der Waals surface area contributed by atoms with E-state index in [0.29, 0.717) is 38.6 Å². The molecule has 0 aromatic rings. The summed E-state index contributed by atoms with van der Waals surface area (Å²) in [5.41, 5.74) is -3.45. The summed E-state index contributed by atoms with van der Waals surface area (Å²) in [5.74, 6) is -2.29. The lowest BCUT2D eigenvalue weighted by Gasteiger charge is -2.41. The highest BCUT2D eigenvalue weighted by Gasteiger charge is 2.85. The van der Waals surface area contributed by atoms with Gasteiger partial charge >= 0.3 is 0 Å². The molecule has 320 valence electrons. The second kappa shape index (κ2) is 14.9. The van der Waals surface area contributed by atoms with Crippen LogP contribution >= 0.6 is 0 Å². The molecule has 5 fully saturated rings. The number of fused-ring (bicyclic) bond motifs is 1. The standard InChI is InChI=1S/C43H70N6O7S/c1-27(2)48-24-15-12-17-29(48)33(50)44-31(38(3,4)5)35(52)45-32(39(6,7)8)36(53)49-26-43(40(9,10)42(43)22-16-23-42)25-30(49)34(51)46-41(20-13-11-14-21-41)37(54)47-57(55,56)28-18-19-28/h11,13,27-32H,12,14-26H2,1-10H3,(H,44,50)(H,45,52)(H,46,51)(H,47,54)/t29?,30-,31+,32+,41+,43+/m0/s1. The van der Waals surface area contributed by atoms with Crippen molar-refractivity contribution in [2.75, 3.05) is 13.1 Å². The summed E-state index contributed by atoms with van der Waals surface area (Å²) in [6.45, 7) is 21.1. The first-order valence-corrected chi connectivity index (χ1v) is 23.1. The van der Waals surface area contributed by atoms with Crippen molar-refractivity contribution in [3.8, 4) is 0 Å². The summed E-state index contributed by atoms with van der Waals surface area (Å²) < 4.78 is 28.1. The largest absolute Gasteiger partial charge is 0.342 e. The van der Waals surface area contributed by atoms with E-state index in [1.54, 1.807) is 11.0 Å². The maximum absolute atomic E-state index is 15.2. The zero-order chi connectivity index (χ0) is 42.1. The number of amides is 5. The Labute approximate surface area is 341 Å². The molecule has 57 heavy (non-hydrogen) atoms. The molecule has 3 saturated carbocycles. The van der Waals surface area contributed by atoms with Crippen molar-refractivity contribution < 1.29 is 32.4 Å².